The third kappa shape index (κ3) is 7.96. The van der Waals surface area contributed by atoms with Crippen molar-refractivity contribution in [2.75, 3.05) is 26.4 Å². The molecule has 6 nitrogen and oxygen atoms in total. The Morgan fingerprint density at radius 2 is 1.50 bits per heavy atom. The Bertz CT molecular complexity index is 703. The van der Waals surface area contributed by atoms with Gasteiger partial charge in [0.05, 0.1) is 19.4 Å². The van der Waals surface area contributed by atoms with Crippen LogP contribution in [0, 0.1) is 6.92 Å². The molecule has 0 fully saturated rings. The predicted octanol–water partition coefficient (Wildman–Crippen LogP) is 2.64. The number of ether oxygens (including phenoxy) is 3. The van der Waals surface area contributed by atoms with E-state index in [0.717, 1.165) is 17.1 Å². The van der Waals surface area contributed by atoms with Crippen LogP contribution in [0.15, 0.2) is 53.6 Å². The quantitative estimate of drug-likeness (QED) is 0.289. The second-order valence-electron chi connectivity index (χ2n) is 5.43. The molecule has 0 aromatic heterocycles. The Morgan fingerprint density at radius 3 is 2.04 bits per heavy atom. The molecule has 0 aliphatic heterocycles. The normalized spacial score (nSPS) is 10.7. The number of thiocarbonyl (C=S) groups is 1. The van der Waals surface area contributed by atoms with Gasteiger partial charge in [0.25, 0.3) is 0 Å². The number of nitrogens with two attached hydrogens (primary N) is 1. The number of hydrazone groups is 1. The molecule has 0 heterocycles. The first-order valence-corrected chi connectivity index (χ1v) is 8.63. The molecular weight excluding hydrogens is 350 g/mol. The Labute approximate surface area is 158 Å². The van der Waals surface area contributed by atoms with Gasteiger partial charge in [-0.1, -0.05) is 17.7 Å². The van der Waals surface area contributed by atoms with Crippen molar-refractivity contribution in [1.82, 2.24) is 5.43 Å². The third-order valence-electron chi connectivity index (χ3n) is 3.28. The van der Waals surface area contributed by atoms with Gasteiger partial charge in [0.1, 0.15) is 24.7 Å². The van der Waals surface area contributed by atoms with Crippen molar-refractivity contribution in [3.8, 4) is 11.5 Å². The average Bonchev–Trinajstić information content (AvgIpc) is 2.63. The van der Waals surface area contributed by atoms with Gasteiger partial charge in [0, 0.05) is 0 Å². The topological polar surface area (TPSA) is 78.1 Å². The fourth-order valence-electron chi connectivity index (χ4n) is 1.99. The van der Waals surface area contributed by atoms with E-state index in [1.54, 1.807) is 6.21 Å². The maximum absolute atomic E-state index is 5.61. The van der Waals surface area contributed by atoms with Gasteiger partial charge in [0.2, 0.25) is 0 Å². The lowest BCUT2D eigenvalue weighted by Crippen LogP contribution is -2.23. The molecule has 0 unspecified atom stereocenters. The summed E-state index contributed by atoms with van der Waals surface area (Å²) in [5.41, 5.74) is 9.90. The van der Waals surface area contributed by atoms with Crippen molar-refractivity contribution in [1.29, 1.82) is 0 Å². The molecule has 0 radical (unpaired) electrons. The molecule has 2 rings (SSSR count). The zero-order valence-electron chi connectivity index (χ0n) is 14.7. The molecule has 0 saturated carbocycles. The highest BCUT2D eigenvalue weighted by atomic mass is 32.1. The van der Waals surface area contributed by atoms with Gasteiger partial charge in [-0.3, -0.25) is 5.43 Å². The van der Waals surface area contributed by atoms with Crippen LogP contribution in [-0.2, 0) is 4.74 Å². The van der Waals surface area contributed by atoms with Gasteiger partial charge >= 0.3 is 0 Å². The molecule has 2 aromatic carbocycles. The number of nitrogens with one attached hydrogen (secondary N) is 1. The molecule has 138 valence electrons. The van der Waals surface area contributed by atoms with Gasteiger partial charge in [-0.25, -0.2) is 0 Å². The maximum atomic E-state index is 5.61. The molecule has 0 bridgehead atoms. The summed E-state index contributed by atoms with van der Waals surface area (Å²) in [7, 11) is 0. The number of aryl methyl sites for hydroxylation is 1. The molecule has 0 amide bonds. The molecular formula is C19H23N3O3S. The van der Waals surface area contributed by atoms with Crippen LogP contribution in [0.25, 0.3) is 0 Å². The predicted molar refractivity (Wildman–Crippen MR) is 107 cm³/mol. The lowest BCUT2D eigenvalue weighted by molar-refractivity contribution is 0.0764. The van der Waals surface area contributed by atoms with Gasteiger partial charge in [0.15, 0.2) is 5.11 Å². The Kier molecular flexibility index (Phi) is 8.38. The second kappa shape index (κ2) is 11.1. The summed E-state index contributed by atoms with van der Waals surface area (Å²) in [6.07, 6.45) is 1.63. The molecule has 0 atom stereocenters. The number of rotatable bonds is 10. The minimum Gasteiger partial charge on any atom is -0.491 e. The summed E-state index contributed by atoms with van der Waals surface area (Å²) in [5, 5.41) is 4.02. The molecule has 0 saturated heterocycles. The van der Waals surface area contributed by atoms with Crippen LogP contribution >= 0.6 is 12.2 Å². The van der Waals surface area contributed by atoms with Crippen molar-refractivity contribution >= 4 is 23.5 Å². The van der Waals surface area contributed by atoms with Crippen LogP contribution in [0.3, 0.4) is 0 Å². The van der Waals surface area contributed by atoms with E-state index in [1.807, 2.05) is 55.5 Å². The van der Waals surface area contributed by atoms with Gasteiger partial charge in [-0.15, -0.1) is 0 Å². The van der Waals surface area contributed by atoms with Crippen LogP contribution < -0.4 is 20.6 Å². The van der Waals surface area contributed by atoms with Gasteiger partial charge in [-0.2, -0.15) is 5.10 Å². The SMILES string of the molecule is Cc1ccc(OCCOCCOc2ccc(C=NNC(N)=S)cc2)cc1. The number of hydrogen-bond acceptors (Lipinski definition) is 5. The van der Waals surface area contributed by atoms with E-state index in [1.165, 1.54) is 5.56 Å². The lowest BCUT2D eigenvalue weighted by Gasteiger charge is -2.09. The smallest absolute Gasteiger partial charge is 0.184 e. The summed E-state index contributed by atoms with van der Waals surface area (Å²) in [4.78, 5) is 0. The molecule has 0 spiro atoms. The summed E-state index contributed by atoms with van der Waals surface area (Å²) in [6.45, 7) is 4.04. The minimum absolute atomic E-state index is 0.130. The Balaban J connectivity index is 1.56. The molecule has 7 heteroatoms. The Morgan fingerprint density at radius 1 is 0.962 bits per heavy atom. The monoisotopic (exact) mass is 373 g/mol. The van der Waals surface area contributed by atoms with Crippen molar-refractivity contribution in [3.63, 3.8) is 0 Å². The number of benzene rings is 2. The van der Waals surface area contributed by atoms with Crippen LogP contribution in [0.1, 0.15) is 11.1 Å². The fourth-order valence-corrected chi connectivity index (χ4v) is 2.05. The van der Waals surface area contributed by atoms with E-state index in [2.05, 4.69) is 22.7 Å². The highest BCUT2D eigenvalue weighted by Gasteiger charge is 1.96. The minimum atomic E-state index is 0.130. The van der Waals surface area contributed by atoms with Crippen molar-refractivity contribution in [2.24, 2.45) is 10.8 Å². The highest BCUT2D eigenvalue weighted by Crippen LogP contribution is 2.12. The zero-order chi connectivity index (χ0) is 18.6. The van der Waals surface area contributed by atoms with Crippen molar-refractivity contribution in [2.45, 2.75) is 6.92 Å². The standard InChI is InChI=1S/C19H23N3O3S/c1-15-2-6-17(7-3-15)24-12-10-23-11-13-25-18-8-4-16(5-9-18)14-21-22-19(20)26/h2-9,14H,10-13H2,1H3,(H3,20,22,26). The van der Waals surface area contributed by atoms with E-state index in [9.17, 15) is 0 Å². The van der Waals surface area contributed by atoms with Crippen molar-refractivity contribution in [3.05, 3.63) is 59.7 Å². The molecule has 3 N–H and O–H groups in total. The summed E-state index contributed by atoms with van der Waals surface area (Å²) >= 11 is 4.66. The van der Waals surface area contributed by atoms with Crippen LogP contribution in [0.2, 0.25) is 0 Å². The largest absolute Gasteiger partial charge is 0.491 e. The van der Waals surface area contributed by atoms with E-state index in [0.29, 0.717) is 26.4 Å². The highest BCUT2D eigenvalue weighted by molar-refractivity contribution is 7.80. The summed E-state index contributed by atoms with van der Waals surface area (Å²) in [6, 6.07) is 15.4. The van der Waals surface area contributed by atoms with E-state index >= 15 is 0 Å². The molecule has 0 aliphatic carbocycles. The van der Waals surface area contributed by atoms with Crippen molar-refractivity contribution < 1.29 is 14.2 Å². The van der Waals surface area contributed by atoms with E-state index in [4.69, 9.17) is 19.9 Å². The zero-order valence-corrected chi connectivity index (χ0v) is 15.5. The lowest BCUT2D eigenvalue weighted by atomic mass is 10.2. The second-order valence-corrected chi connectivity index (χ2v) is 5.87. The first-order valence-electron chi connectivity index (χ1n) is 8.22. The fraction of sp³-hybridized carbons (Fsp3) is 0.263. The maximum Gasteiger partial charge on any atom is 0.184 e. The third-order valence-corrected chi connectivity index (χ3v) is 3.37. The summed E-state index contributed by atoms with van der Waals surface area (Å²) in [5.74, 6) is 1.62. The van der Waals surface area contributed by atoms with Crippen LogP contribution in [0.4, 0.5) is 0 Å². The molecule has 26 heavy (non-hydrogen) atoms. The number of hydrogen-bond donors (Lipinski definition) is 2. The molecule has 0 aliphatic rings. The Hall–Kier alpha value is -2.64. The molecule has 2 aromatic rings. The average molecular weight is 373 g/mol. The van der Waals surface area contributed by atoms with Crippen LogP contribution in [0.5, 0.6) is 11.5 Å². The number of nitrogens with zero attached hydrogens (tertiary/aromatic N) is 1. The van der Waals surface area contributed by atoms with E-state index < -0.39 is 0 Å². The first-order chi connectivity index (χ1) is 12.6. The van der Waals surface area contributed by atoms with Gasteiger partial charge < -0.3 is 19.9 Å². The van der Waals surface area contributed by atoms with Crippen LogP contribution in [-0.4, -0.2) is 37.8 Å². The van der Waals surface area contributed by atoms with Gasteiger partial charge in [-0.05, 0) is 61.1 Å². The first kappa shape index (κ1) is 19.7. The summed E-state index contributed by atoms with van der Waals surface area (Å²) < 4.78 is 16.7. The van der Waals surface area contributed by atoms with E-state index in [-0.39, 0.29) is 5.11 Å².